The van der Waals surface area contributed by atoms with E-state index in [1.807, 2.05) is 0 Å². The highest BCUT2D eigenvalue weighted by molar-refractivity contribution is 5.21. The van der Waals surface area contributed by atoms with Crippen molar-refractivity contribution < 1.29 is 0 Å². The minimum Gasteiger partial charge on any atom is -0.0850 e. The molecule has 0 aromatic carbocycles. The number of hydrogen-bond acceptors (Lipinski definition) is 0. The maximum atomic E-state index is 2.43. The molecule has 20 heavy (non-hydrogen) atoms. The predicted molar refractivity (Wildman–Crippen MR) is 87.5 cm³/mol. The van der Waals surface area contributed by atoms with Crippen LogP contribution in [0, 0.1) is 34.5 Å². The lowest BCUT2D eigenvalue weighted by Gasteiger charge is -2.56. The minimum absolute atomic E-state index is 0.638. The Kier molecular flexibility index (Phi) is 3.23. The third-order valence-electron chi connectivity index (χ3n) is 7.49. The van der Waals surface area contributed by atoms with E-state index in [9.17, 15) is 0 Å². The van der Waals surface area contributed by atoms with Gasteiger partial charge in [-0.15, -0.1) is 0 Å². The first kappa shape index (κ1) is 14.4. The lowest BCUT2D eigenvalue weighted by Crippen LogP contribution is -2.47. The van der Waals surface area contributed by atoms with Gasteiger partial charge in [-0.05, 0) is 74.0 Å². The average molecular weight is 272 g/mol. The Morgan fingerprint density at radius 1 is 0.750 bits per heavy atom. The van der Waals surface area contributed by atoms with E-state index in [1.165, 1.54) is 25.7 Å². The summed E-state index contributed by atoms with van der Waals surface area (Å²) in [6.07, 6.45) is 10.5. The molecule has 6 rings (SSSR count). The largest absolute Gasteiger partial charge is 0.0850 e. The predicted octanol–water partition coefficient (Wildman–Crippen LogP) is 6.00. The first-order valence-electron chi connectivity index (χ1n) is 8.58. The monoisotopic (exact) mass is 272 g/mol. The van der Waals surface area contributed by atoms with Crippen molar-refractivity contribution in [3.05, 3.63) is 23.3 Å². The van der Waals surface area contributed by atoms with Gasteiger partial charge in [0.2, 0.25) is 0 Å². The molecule has 0 aliphatic heterocycles. The molecule has 0 aromatic heterocycles. The third-order valence-corrected chi connectivity index (χ3v) is 7.49. The molecule has 4 atom stereocenters. The molecule has 2 fully saturated rings. The van der Waals surface area contributed by atoms with Crippen LogP contribution < -0.4 is 0 Å². The van der Waals surface area contributed by atoms with E-state index in [2.05, 4.69) is 53.7 Å². The topological polar surface area (TPSA) is 0 Å². The summed E-state index contributed by atoms with van der Waals surface area (Å²) in [4.78, 5) is 0. The molecular weight excluding hydrogens is 240 g/mol. The quantitative estimate of drug-likeness (QED) is 0.475. The molecule has 0 nitrogen and oxygen atoms in total. The van der Waals surface area contributed by atoms with Crippen molar-refractivity contribution in [1.82, 2.24) is 0 Å². The molecule has 6 aliphatic rings. The Labute approximate surface area is 125 Å². The zero-order valence-corrected chi connectivity index (χ0v) is 14.3. The Morgan fingerprint density at radius 3 is 1.25 bits per heavy atom. The zero-order valence-electron chi connectivity index (χ0n) is 14.3. The molecule has 2 saturated carbocycles. The standard InChI is InChI=1S/2C10H16/c2*1-7-4-5-8-6-9(7)10(8,2)3/h2*4,8-9H,5-6H2,1-3H3/t2*8-,9-/m10/s1. The number of hydrogen-bond donors (Lipinski definition) is 0. The third kappa shape index (κ3) is 1.94. The smallest absolute Gasteiger partial charge is 0.0149 e. The van der Waals surface area contributed by atoms with Gasteiger partial charge in [-0.2, -0.15) is 0 Å². The van der Waals surface area contributed by atoms with Crippen molar-refractivity contribution in [2.45, 2.75) is 67.2 Å². The Morgan fingerprint density at radius 2 is 1.10 bits per heavy atom. The SMILES string of the molecule is CC1=CC[C@@H]2C[C@H]1C2(C)C.CC1=CC[C@H]2C[C@@H]1C2(C)C. The highest BCUT2D eigenvalue weighted by Crippen LogP contribution is 2.59. The van der Waals surface area contributed by atoms with E-state index < -0.39 is 0 Å². The summed E-state index contributed by atoms with van der Waals surface area (Å²) < 4.78 is 0. The number of allylic oxidation sites excluding steroid dienone is 4. The molecule has 112 valence electrons. The van der Waals surface area contributed by atoms with Crippen molar-refractivity contribution in [3.8, 4) is 0 Å². The van der Waals surface area contributed by atoms with Gasteiger partial charge in [-0.1, -0.05) is 51.0 Å². The second kappa shape index (κ2) is 4.49. The molecule has 0 radical (unpaired) electrons. The molecule has 0 heterocycles. The van der Waals surface area contributed by atoms with E-state index in [1.54, 1.807) is 11.1 Å². The molecule has 0 unspecified atom stereocenters. The number of fused-ring (bicyclic) bond motifs is 2. The summed E-state index contributed by atoms with van der Waals surface area (Å²) in [6.45, 7) is 14.3. The van der Waals surface area contributed by atoms with Gasteiger partial charge in [-0.3, -0.25) is 0 Å². The van der Waals surface area contributed by atoms with Crippen LogP contribution in [0.2, 0.25) is 0 Å². The molecule has 0 spiro atoms. The van der Waals surface area contributed by atoms with Crippen LogP contribution in [0.3, 0.4) is 0 Å². The molecular formula is C20H32. The summed E-state index contributed by atoms with van der Waals surface area (Å²) in [5.74, 6) is 3.85. The van der Waals surface area contributed by atoms with Crippen LogP contribution in [-0.4, -0.2) is 0 Å². The summed E-state index contributed by atoms with van der Waals surface area (Å²) >= 11 is 0. The highest BCUT2D eigenvalue weighted by atomic mass is 14.5. The van der Waals surface area contributed by atoms with Gasteiger partial charge in [0.1, 0.15) is 0 Å². The van der Waals surface area contributed by atoms with Gasteiger partial charge in [-0.25, -0.2) is 0 Å². The number of rotatable bonds is 0. The minimum atomic E-state index is 0.638. The Hall–Kier alpha value is -0.520. The summed E-state index contributed by atoms with van der Waals surface area (Å²) in [5, 5.41) is 0. The maximum Gasteiger partial charge on any atom is -0.0149 e. The van der Waals surface area contributed by atoms with Gasteiger partial charge in [0.25, 0.3) is 0 Å². The maximum absolute atomic E-state index is 2.43. The average Bonchev–Trinajstić information content (AvgIpc) is 2.38. The van der Waals surface area contributed by atoms with Crippen molar-refractivity contribution in [3.63, 3.8) is 0 Å². The van der Waals surface area contributed by atoms with Crippen molar-refractivity contribution in [2.24, 2.45) is 34.5 Å². The van der Waals surface area contributed by atoms with Gasteiger partial charge in [0.05, 0.1) is 0 Å². The lowest BCUT2D eigenvalue weighted by molar-refractivity contribution is -0.00583. The summed E-state index contributed by atoms with van der Waals surface area (Å²) in [5.41, 5.74) is 4.57. The van der Waals surface area contributed by atoms with Crippen LogP contribution in [0.25, 0.3) is 0 Å². The van der Waals surface area contributed by atoms with Crippen LogP contribution in [-0.2, 0) is 0 Å². The van der Waals surface area contributed by atoms with Crippen LogP contribution in [0.15, 0.2) is 23.3 Å². The van der Waals surface area contributed by atoms with Crippen LogP contribution in [0.4, 0.5) is 0 Å². The first-order chi connectivity index (χ1) is 9.24. The van der Waals surface area contributed by atoms with Gasteiger partial charge in [0, 0.05) is 0 Å². The van der Waals surface area contributed by atoms with Crippen molar-refractivity contribution in [1.29, 1.82) is 0 Å². The van der Waals surface area contributed by atoms with Crippen LogP contribution >= 0.6 is 0 Å². The fourth-order valence-corrected chi connectivity index (χ4v) is 5.32. The van der Waals surface area contributed by atoms with Gasteiger partial charge >= 0.3 is 0 Å². The molecule has 6 aliphatic carbocycles. The zero-order chi connectivity index (χ0) is 14.7. The normalized spacial score (nSPS) is 42.1. The fourth-order valence-electron chi connectivity index (χ4n) is 5.32. The van der Waals surface area contributed by atoms with E-state index >= 15 is 0 Å². The summed E-state index contributed by atoms with van der Waals surface area (Å²) in [6, 6.07) is 0. The van der Waals surface area contributed by atoms with E-state index in [0.717, 1.165) is 23.7 Å². The lowest BCUT2D eigenvalue weighted by atomic mass is 9.49. The van der Waals surface area contributed by atoms with Crippen LogP contribution in [0.5, 0.6) is 0 Å². The van der Waals surface area contributed by atoms with E-state index in [-0.39, 0.29) is 0 Å². The second-order valence-electron chi connectivity index (χ2n) is 8.98. The molecule has 4 bridgehead atoms. The van der Waals surface area contributed by atoms with Crippen molar-refractivity contribution >= 4 is 0 Å². The van der Waals surface area contributed by atoms with E-state index in [4.69, 9.17) is 0 Å². The highest BCUT2D eigenvalue weighted by Gasteiger charge is 2.50. The van der Waals surface area contributed by atoms with Crippen LogP contribution in [0.1, 0.15) is 67.2 Å². The Balaban J connectivity index is 0.000000121. The molecule has 0 heteroatoms. The molecule has 0 saturated heterocycles. The Bertz CT molecular complexity index is 416. The molecule has 0 aromatic rings. The van der Waals surface area contributed by atoms with Crippen molar-refractivity contribution in [2.75, 3.05) is 0 Å². The van der Waals surface area contributed by atoms with E-state index in [0.29, 0.717) is 10.8 Å². The van der Waals surface area contributed by atoms with Gasteiger partial charge in [0.15, 0.2) is 0 Å². The molecule has 0 amide bonds. The fraction of sp³-hybridized carbons (Fsp3) is 0.800. The first-order valence-corrected chi connectivity index (χ1v) is 8.58. The van der Waals surface area contributed by atoms with Gasteiger partial charge < -0.3 is 0 Å². The second-order valence-corrected chi connectivity index (χ2v) is 8.98. The summed E-state index contributed by atoms with van der Waals surface area (Å²) in [7, 11) is 0. The molecule has 0 N–H and O–H groups in total.